The third-order valence-electron chi connectivity index (χ3n) is 2.72. The minimum absolute atomic E-state index is 0.399. The normalized spacial score (nSPS) is 22.1. The van der Waals surface area contributed by atoms with Crippen LogP contribution in [-0.4, -0.2) is 28.1 Å². The summed E-state index contributed by atoms with van der Waals surface area (Å²) in [5.41, 5.74) is 0. The number of rotatable bonds is 4. The highest BCUT2D eigenvalue weighted by Crippen LogP contribution is 2.16. The summed E-state index contributed by atoms with van der Waals surface area (Å²) in [4.78, 5) is 0. The van der Waals surface area contributed by atoms with Gasteiger partial charge in [-0.15, -0.1) is 11.3 Å². The largest absolute Gasteiger partial charge is 0.316 e. The van der Waals surface area contributed by atoms with E-state index < -0.39 is 10.0 Å². The Kier molecular flexibility index (Phi) is 3.96. The third-order valence-corrected chi connectivity index (χ3v) is 5.54. The lowest BCUT2D eigenvalue weighted by atomic mass is 10.0. The van der Waals surface area contributed by atoms with E-state index in [9.17, 15) is 8.42 Å². The fourth-order valence-corrected chi connectivity index (χ4v) is 3.97. The van der Waals surface area contributed by atoms with Crippen LogP contribution in [0.3, 0.4) is 0 Å². The van der Waals surface area contributed by atoms with Gasteiger partial charge in [0.25, 0.3) is 0 Å². The number of hydrogen-bond acceptors (Lipinski definition) is 4. The van der Waals surface area contributed by atoms with E-state index in [1.54, 1.807) is 17.5 Å². The molecule has 0 aromatic carbocycles. The third kappa shape index (κ3) is 3.04. The molecule has 0 amide bonds. The van der Waals surface area contributed by atoms with E-state index in [0.29, 0.717) is 16.7 Å². The molecule has 0 bridgehead atoms. The van der Waals surface area contributed by atoms with Gasteiger partial charge in [-0.25, -0.2) is 13.1 Å². The topological polar surface area (TPSA) is 58.2 Å². The van der Waals surface area contributed by atoms with Crippen LogP contribution in [0.4, 0.5) is 0 Å². The molecule has 0 spiro atoms. The van der Waals surface area contributed by atoms with E-state index in [1.165, 1.54) is 11.3 Å². The van der Waals surface area contributed by atoms with E-state index >= 15 is 0 Å². The second-order valence-corrected chi connectivity index (χ2v) is 6.94. The molecule has 2 N–H and O–H groups in total. The highest BCUT2D eigenvalue weighted by Gasteiger charge is 2.18. The molecule has 2 heterocycles. The molecule has 2 rings (SSSR count). The average Bonchev–Trinajstić information content (AvgIpc) is 2.82. The van der Waals surface area contributed by atoms with Crippen molar-refractivity contribution >= 4 is 21.4 Å². The summed E-state index contributed by atoms with van der Waals surface area (Å²) in [5, 5.41) is 5.05. The second-order valence-electron chi connectivity index (χ2n) is 4.00. The van der Waals surface area contributed by atoms with Crippen LogP contribution in [0.15, 0.2) is 21.7 Å². The van der Waals surface area contributed by atoms with Crippen molar-refractivity contribution in [2.45, 2.75) is 17.1 Å². The summed E-state index contributed by atoms with van der Waals surface area (Å²) in [5.74, 6) is 0.420. The lowest BCUT2D eigenvalue weighted by Crippen LogP contribution is -2.37. The number of sulfonamides is 1. The zero-order valence-corrected chi connectivity index (χ0v) is 10.6. The van der Waals surface area contributed by atoms with Crippen molar-refractivity contribution in [3.63, 3.8) is 0 Å². The number of nitrogens with one attached hydrogen (secondary N) is 2. The van der Waals surface area contributed by atoms with Crippen LogP contribution in [-0.2, 0) is 10.0 Å². The van der Waals surface area contributed by atoms with Gasteiger partial charge in [0.1, 0.15) is 4.21 Å². The smallest absolute Gasteiger partial charge is 0.250 e. The molecular formula is C10H16N2O2S2. The summed E-state index contributed by atoms with van der Waals surface area (Å²) in [6.07, 6.45) is 2.23. The predicted molar refractivity (Wildman–Crippen MR) is 65.1 cm³/mol. The fraction of sp³-hybridized carbons (Fsp3) is 0.600. The van der Waals surface area contributed by atoms with Gasteiger partial charge in [-0.2, -0.15) is 0 Å². The minimum Gasteiger partial charge on any atom is -0.316 e. The second kappa shape index (κ2) is 5.27. The fourth-order valence-electron chi connectivity index (χ4n) is 1.81. The molecule has 4 nitrogen and oxygen atoms in total. The van der Waals surface area contributed by atoms with Crippen LogP contribution < -0.4 is 10.0 Å². The first-order valence-electron chi connectivity index (χ1n) is 5.42. The van der Waals surface area contributed by atoms with Crippen LogP contribution in [0, 0.1) is 5.92 Å². The van der Waals surface area contributed by atoms with E-state index in [4.69, 9.17) is 0 Å². The summed E-state index contributed by atoms with van der Waals surface area (Å²) < 4.78 is 26.7. The van der Waals surface area contributed by atoms with Crippen molar-refractivity contribution in [1.82, 2.24) is 10.0 Å². The Hall–Kier alpha value is -0.430. The SMILES string of the molecule is O=S(=O)(NCC1CCCNC1)c1cccs1. The molecule has 1 aliphatic rings. The molecule has 1 aromatic heterocycles. The Morgan fingerprint density at radius 2 is 2.44 bits per heavy atom. The highest BCUT2D eigenvalue weighted by atomic mass is 32.2. The first-order valence-corrected chi connectivity index (χ1v) is 7.78. The summed E-state index contributed by atoms with van der Waals surface area (Å²) in [7, 11) is -3.28. The molecule has 1 aliphatic heterocycles. The number of piperidine rings is 1. The van der Waals surface area contributed by atoms with E-state index in [2.05, 4.69) is 10.0 Å². The van der Waals surface area contributed by atoms with Crippen LogP contribution in [0.5, 0.6) is 0 Å². The lowest BCUT2D eigenvalue weighted by molar-refractivity contribution is 0.376. The molecule has 1 fully saturated rings. The van der Waals surface area contributed by atoms with Gasteiger partial charge in [0.15, 0.2) is 0 Å². The average molecular weight is 260 g/mol. The van der Waals surface area contributed by atoms with Crippen LogP contribution in [0.2, 0.25) is 0 Å². The van der Waals surface area contributed by atoms with Crippen LogP contribution >= 0.6 is 11.3 Å². The summed E-state index contributed by atoms with van der Waals surface area (Å²) in [6.45, 7) is 2.49. The van der Waals surface area contributed by atoms with Crippen molar-refractivity contribution < 1.29 is 8.42 Å². The van der Waals surface area contributed by atoms with Gasteiger partial charge in [0, 0.05) is 6.54 Å². The molecule has 0 aliphatic carbocycles. The zero-order chi connectivity index (χ0) is 11.4. The highest BCUT2D eigenvalue weighted by molar-refractivity contribution is 7.91. The van der Waals surface area contributed by atoms with Crippen molar-refractivity contribution in [3.8, 4) is 0 Å². The molecule has 1 atom stereocenters. The Morgan fingerprint density at radius 3 is 3.06 bits per heavy atom. The van der Waals surface area contributed by atoms with Gasteiger partial charge in [0.05, 0.1) is 0 Å². The summed E-state index contributed by atoms with van der Waals surface area (Å²) in [6, 6.07) is 3.38. The monoisotopic (exact) mass is 260 g/mol. The zero-order valence-electron chi connectivity index (χ0n) is 8.98. The van der Waals surface area contributed by atoms with Gasteiger partial charge in [0.2, 0.25) is 10.0 Å². The van der Waals surface area contributed by atoms with Gasteiger partial charge in [-0.3, -0.25) is 0 Å². The maximum Gasteiger partial charge on any atom is 0.250 e. The van der Waals surface area contributed by atoms with Crippen LogP contribution in [0.25, 0.3) is 0 Å². The van der Waals surface area contributed by atoms with E-state index in [0.717, 1.165) is 25.9 Å². The molecule has 90 valence electrons. The molecular weight excluding hydrogens is 244 g/mol. The number of hydrogen-bond donors (Lipinski definition) is 2. The first-order chi connectivity index (χ1) is 7.68. The molecule has 1 saturated heterocycles. The van der Waals surface area contributed by atoms with Gasteiger partial charge in [-0.05, 0) is 43.3 Å². The van der Waals surface area contributed by atoms with Crippen molar-refractivity contribution in [2.24, 2.45) is 5.92 Å². The molecule has 16 heavy (non-hydrogen) atoms. The summed E-state index contributed by atoms with van der Waals surface area (Å²) >= 11 is 1.25. The van der Waals surface area contributed by atoms with E-state index in [-0.39, 0.29) is 0 Å². The minimum atomic E-state index is -3.28. The molecule has 1 aromatic rings. The predicted octanol–water partition coefficient (Wildman–Crippen LogP) is 1.03. The lowest BCUT2D eigenvalue weighted by Gasteiger charge is -2.22. The Labute approximate surface area is 100 Å². The quantitative estimate of drug-likeness (QED) is 0.850. The Balaban J connectivity index is 1.89. The molecule has 6 heteroatoms. The maximum absolute atomic E-state index is 11.8. The molecule has 0 radical (unpaired) electrons. The van der Waals surface area contributed by atoms with Crippen LogP contribution in [0.1, 0.15) is 12.8 Å². The standard InChI is InChI=1S/C10H16N2O2S2/c13-16(14,10-4-2-6-15-10)12-8-9-3-1-5-11-7-9/h2,4,6,9,11-12H,1,3,5,7-8H2. The number of thiophene rings is 1. The maximum atomic E-state index is 11.8. The van der Waals surface area contributed by atoms with Gasteiger partial charge in [-0.1, -0.05) is 6.07 Å². The van der Waals surface area contributed by atoms with Crippen molar-refractivity contribution in [1.29, 1.82) is 0 Å². The van der Waals surface area contributed by atoms with E-state index in [1.807, 2.05) is 0 Å². The Bertz CT molecular complexity index is 408. The Morgan fingerprint density at radius 1 is 1.56 bits per heavy atom. The first kappa shape index (κ1) is 12.0. The molecule has 0 saturated carbocycles. The molecule has 1 unspecified atom stereocenters. The van der Waals surface area contributed by atoms with Gasteiger partial charge < -0.3 is 5.32 Å². The van der Waals surface area contributed by atoms with Gasteiger partial charge >= 0.3 is 0 Å². The van der Waals surface area contributed by atoms with Crippen molar-refractivity contribution in [3.05, 3.63) is 17.5 Å². The van der Waals surface area contributed by atoms with Crippen molar-refractivity contribution in [2.75, 3.05) is 19.6 Å².